The minimum atomic E-state index is -0.579. The Kier molecular flexibility index (Phi) is 4.75. The van der Waals surface area contributed by atoms with Crippen LogP contribution in [0.15, 0.2) is 122 Å². The molecule has 0 amide bonds. The quantitative estimate of drug-likeness (QED) is 0.153. The Balaban J connectivity index is 1.63. The number of rotatable bonds is 4. The van der Waals surface area contributed by atoms with Crippen molar-refractivity contribution in [2.24, 2.45) is 0 Å². The van der Waals surface area contributed by atoms with Crippen LogP contribution in [-0.4, -0.2) is 6.16 Å². The third-order valence-corrected chi connectivity index (χ3v) is 8.91. The second-order valence-corrected chi connectivity index (χ2v) is 10.5. The lowest BCUT2D eigenvalue weighted by Gasteiger charge is -2.21. The van der Waals surface area contributed by atoms with Crippen LogP contribution < -0.4 is 10.6 Å². The third-order valence-electron chi connectivity index (χ3n) is 6.34. The summed E-state index contributed by atoms with van der Waals surface area (Å²) in [6.07, 6.45) is 3.05. The van der Waals surface area contributed by atoms with E-state index in [0.717, 1.165) is 6.16 Å². The van der Waals surface area contributed by atoms with E-state index < -0.39 is 7.92 Å². The largest absolute Gasteiger partial charge is 0.103 e. The minimum Gasteiger partial charge on any atom is -0.103 e. The monoisotopic (exact) mass is 426 g/mol. The van der Waals surface area contributed by atoms with E-state index in [1.165, 1.54) is 53.7 Å². The smallest absolute Gasteiger partial charge is 0.00665 e. The van der Waals surface area contributed by atoms with Crippen LogP contribution >= 0.6 is 7.92 Å². The maximum atomic E-state index is 4.13. The van der Waals surface area contributed by atoms with Gasteiger partial charge in [-0.05, 0) is 92.0 Å². The van der Waals surface area contributed by atoms with Crippen LogP contribution in [0.3, 0.4) is 0 Å². The topological polar surface area (TPSA) is 0 Å². The molecule has 152 valence electrons. The molecule has 0 aliphatic rings. The summed E-state index contributed by atoms with van der Waals surface area (Å²) in [6.45, 7) is 4.13. The summed E-state index contributed by atoms with van der Waals surface area (Å²) in [5.41, 5.74) is 0. The van der Waals surface area contributed by atoms with E-state index in [2.05, 4.69) is 122 Å². The first kappa shape index (κ1) is 19.2. The SMILES string of the molecule is C=CCP(c1cccc2cc3ccccc3cc12)c1cccc2cc3ccccc3cc12. The van der Waals surface area contributed by atoms with Gasteiger partial charge >= 0.3 is 0 Å². The van der Waals surface area contributed by atoms with Gasteiger partial charge in [0.1, 0.15) is 0 Å². The molecule has 0 aliphatic heterocycles. The van der Waals surface area contributed by atoms with Gasteiger partial charge in [0, 0.05) is 0 Å². The van der Waals surface area contributed by atoms with Gasteiger partial charge in [-0.2, -0.15) is 0 Å². The van der Waals surface area contributed by atoms with Crippen LogP contribution in [0, 0.1) is 0 Å². The van der Waals surface area contributed by atoms with Gasteiger partial charge in [-0.25, -0.2) is 0 Å². The summed E-state index contributed by atoms with van der Waals surface area (Å²) in [7, 11) is -0.579. The fourth-order valence-corrected chi connectivity index (χ4v) is 7.24. The summed E-state index contributed by atoms with van der Waals surface area (Å²) in [6, 6.07) is 40.3. The summed E-state index contributed by atoms with van der Waals surface area (Å²) in [5.74, 6) is 0. The molecule has 0 atom stereocenters. The Morgan fingerprint density at radius 3 is 1.34 bits per heavy atom. The number of hydrogen-bond acceptors (Lipinski definition) is 0. The summed E-state index contributed by atoms with van der Waals surface area (Å²) in [5, 5.41) is 13.4. The third kappa shape index (κ3) is 3.20. The molecule has 6 aromatic rings. The van der Waals surface area contributed by atoms with E-state index in [0.29, 0.717) is 0 Å². The molecule has 0 saturated heterocycles. The second kappa shape index (κ2) is 7.90. The van der Waals surface area contributed by atoms with Crippen molar-refractivity contribution in [3.05, 3.63) is 122 Å². The first-order valence-corrected chi connectivity index (χ1v) is 12.6. The van der Waals surface area contributed by atoms with E-state index >= 15 is 0 Å². The maximum absolute atomic E-state index is 4.13. The summed E-state index contributed by atoms with van der Waals surface area (Å²) >= 11 is 0. The molecule has 0 radical (unpaired) electrons. The van der Waals surface area contributed by atoms with Gasteiger partial charge < -0.3 is 0 Å². The minimum absolute atomic E-state index is 0.579. The fourth-order valence-electron chi connectivity index (χ4n) is 4.83. The van der Waals surface area contributed by atoms with Gasteiger partial charge in [0.05, 0.1) is 0 Å². The molecule has 0 N–H and O–H groups in total. The zero-order valence-electron chi connectivity index (χ0n) is 17.8. The molecule has 0 aromatic heterocycles. The molecular weight excluding hydrogens is 403 g/mol. The van der Waals surface area contributed by atoms with Crippen molar-refractivity contribution in [2.75, 3.05) is 6.16 Å². The predicted octanol–water partition coefficient (Wildman–Crippen LogP) is 7.92. The van der Waals surface area contributed by atoms with E-state index in [4.69, 9.17) is 0 Å². The molecule has 0 nitrogen and oxygen atoms in total. The zero-order valence-corrected chi connectivity index (χ0v) is 18.7. The molecule has 6 aromatic carbocycles. The maximum Gasteiger partial charge on any atom is -0.00665 e. The van der Waals surface area contributed by atoms with Crippen LogP contribution in [0.4, 0.5) is 0 Å². The van der Waals surface area contributed by atoms with Crippen LogP contribution in [0.25, 0.3) is 43.1 Å². The Hall–Kier alpha value is -3.47. The molecule has 0 spiro atoms. The normalized spacial score (nSPS) is 11.7. The molecular formula is C31H23P. The molecule has 0 heterocycles. The fraction of sp³-hybridized carbons (Fsp3) is 0.0323. The average Bonchev–Trinajstić information content (AvgIpc) is 2.84. The highest BCUT2D eigenvalue weighted by molar-refractivity contribution is 7.74. The van der Waals surface area contributed by atoms with Crippen LogP contribution in [0.2, 0.25) is 0 Å². The number of benzene rings is 6. The lowest BCUT2D eigenvalue weighted by molar-refractivity contribution is 1.74. The highest BCUT2D eigenvalue weighted by atomic mass is 31.1. The van der Waals surface area contributed by atoms with E-state index in [9.17, 15) is 0 Å². The highest BCUT2D eigenvalue weighted by Gasteiger charge is 2.18. The first-order valence-electron chi connectivity index (χ1n) is 11.0. The van der Waals surface area contributed by atoms with Crippen molar-refractivity contribution in [2.45, 2.75) is 0 Å². The van der Waals surface area contributed by atoms with E-state index in [1.54, 1.807) is 0 Å². The van der Waals surface area contributed by atoms with Crippen molar-refractivity contribution in [1.29, 1.82) is 0 Å². The Labute approximate surface area is 189 Å². The highest BCUT2D eigenvalue weighted by Crippen LogP contribution is 2.40. The van der Waals surface area contributed by atoms with Crippen molar-refractivity contribution >= 4 is 61.6 Å². The zero-order chi connectivity index (χ0) is 21.5. The molecule has 0 unspecified atom stereocenters. The molecule has 0 bridgehead atoms. The van der Waals surface area contributed by atoms with Gasteiger partial charge in [-0.15, -0.1) is 6.58 Å². The van der Waals surface area contributed by atoms with Gasteiger partial charge in [-0.1, -0.05) is 91.0 Å². The number of allylic oxidation sites excluding steroid dienone is 1. The second-order valence-electron chi connectivity index (χ2n) is 8.29. The van der Waals surface area contributed by atoms with Crippen molar-refractivity contribution in [3.63, 3.8) is 0 Å². The molecule has 0 saturated carbocycles. The number of hydrogen-bond donors (Lipinski definition) is 0. The lowest BCUT2D eigenvalue weighted by Crippen LogP contribution is -2.15. The van der Waals surface area contributed by atoms with Crippen molar-refractivity contribution in [3.8, 4) is 0 Å². The van der Waals surface area contributed by atoms with E-state index in [1.807, 2.05) is 0 Å². The van der Waals surface area contributed by atoms with Crippen LogP contribution in [-0.2, 0) is 0 Å². The van der Waals surface area contributed by atoms with Crippen LogP contribution in [0.1, 0.15) is 0 Å². The Bertz CT molecular complexity index is 1510. The van der Waals surface area contributed by atoms with Gasteiger partial charge in [-0.3, -0.25) is 0 Å². The van der Waals surface area contributed by atoms with Gasteiger partial charge in [0.2, 0.25) is 0 Å². The van der Waals surface area contributed by atoms with E-state index in [-0.39, 0.29) is 0 Å². The van der Waals surface area contributed by atoms with Gasteiger partial charge in [0.25, 0.3) is 0 Å². The molecule has 1 heteroatoms. The van der Waals surface area contributed by atoms with Gasteiger partial charge in [0.15, 0.2) is 0 Å². The number of fused-ring (bicyclic) bond motifs is 4. The molecule has 0 aliphatic carbocycles. The molecule has 0 fully saturated rings. The first-order chi connectivity index (χ1) is 15.8. The summed E-state index contributed by atoms with van der Waals surface area (Å²) in [4.78, 5) is 0. The van der Waals surface area contributed by atoms with Crippen molar-refractivity contribution < 1.29 is 0 Å². The predicted molar refractivity (Wildman–Crippen MR) is 144 cm³/mol. The average molecular weight is 426 g/mol. The Morgan fingerprint density at radius 1 is 0.500 bits per heavy atom. The Morgan fingerprint density at radius 2 is 0.906 bits per heavy atom. The van der Waals surface area contributed by atoms with Crippen LogP contribution in [0.5, 0.6) is 0 Å². The van der Waals surface area contributed by atoms with Crippen molar-refractivity contribution in [1.82, 2.24) is 0 Å². The standard InChI is InChI=1S/C31H23P/c1-2-17-32(30-15-7-13-26-18-22-9-3-5-11-24(22)20-28(26)30)31-16-8-14-27-19-23-10-4-6-12-25(23)21-29(27)31/h2-16,18-21H,1,17H2. The summed E-state index contributed by atoms with van der Waals surface area (Å²) < 4.78 is 0. The molecule has 32 heavy (non-hydrogen) atoms. The molecule has 6 rings (SSSR count). The lowest BCUT2D eigenvalue weighted by atomic mass is 10.0.